The largest absolute Gasteiger partial charge is 0.462 e. The second-order valence-corrected chi connectivity index (χ2v) is 10.2. The van der Waals surface area contributed by atoms with Crippen molar-refractivity contribution in [1.29, 1.82) is 0 Å². The molecule has 0 aliphatic carbocycles. The molecule has 1 aromatic heterocycles. The van der Waals surface area contributed by atoms with E-state index in [9.17, 15) is 24.1 Å². The second kappa shape index (κ2) is 11.3. The van der Waals surface area contributed by atoms with Crippen molar-refractivity contribution in [2.45, 2.75) is 58.3 Å². The van der Waals surface area contributed by atoms with Gasteiger partial charge in [0.2, 0.25) is 0 Å². The van der Waals surface area contributed by atoms with Gasteiger partial charge in [-0.15, -0.1) is 0 Å². The molecule has 0 spiro atoms. The number of esters is 1. The zero-order valence-corrected chi connectivity index (χ0v) is 20.7. The second-order valence-electron chi connectivity index (χ2n) is 8.47. The molecule has 1 saturated heterocycles. The van der Waals surface area contributed by atoms with Gasteiger partial charge in [-0.05, 0) is 32.9 Å². The van der Waals surface area contributed by atoms with Gasteiger partial charge >= 0.3 is 19.4 Å². The summed E-state index contributed by atoms with van der Waals surface area (Å²) in [6, 6.07) is 8.36. The summed E-state index contributed by atoms with van der Waals surface area (Å²) in [5.74, 6) is -0.981. The third-order valence-electron chi connectivity index (χ3n) is 5.24. The fraction of sp³-hybridized carbons (Fsp3) is 0.500. The highest BCUT2D eigenvalue weighted by Gasteiger charge is 2.44. The summed E-state index contributed by atoms with van der Waals surface area (Å²) in [6.45, 7) is 6.10. The topological polar surface area (TPSA) is 158 Å². The van der Waals surface area contributed by atoms with Crippen molar-refractivity contribution in [3.63, 3.8) is 0 Å². The number of benzene rings is 1. The molecule has 0 saturated carbocycles. The fourth-order valence-electron chi connectivity index (χ4n) is 3.48. The molecule has 3 N–H and O–H groups in total. The first-order chi connectivity index (χ1) is 16.5. The van der Waals surface area contributed by atoms with E-state index in [2.05, 4.69) is 10.1 Å². The van der Waals surface area contributed by atoms with Crippen LogP contribution >= 0.6 is 7.75 Å². The van der Waals surface area contributed by atoms with Gasteiger partial charge < -0.3 is 19.1 Å². The van der Waals surface area contributed by atoms with Gasteiger partial charge in [0.25, 0.3) is 5.56 Å². The molecule has 1 aliphatic rings. The Hall–Kier alpha value is -2.76. The van der Waals surface area contributed by atoms with E-state index in [0.29, 0.717) is 0 Å². The summed E-state index contributed by atoms with van der Waals surface area (Å²) >= 11 is 0. The minimum Gasteiger partial charge on any atom is -0.462 e. The average Bonchev–Trinajstić information content (AvgIpc) is 3.06. The molecule has 0 radical (unpaired) electrons. The number of aliphatic hydroxyl groups excluding tert-OH is 1. The Morgan fingerprint density at radius 2 is 1.91 bits per heavy atom. The van der Waals surface area contributed by atoms with Crippen molar-refractivity contribution in [3.8, 4) is 5.75 Å². The van der Waals surface area contributed by atoms with Gasteiger partial charge in [0.05, 0.1) is 18.8 Å². The Kier molecular flexibility index (Phi) is 8.68. The van der Waals surface area contributed by atoms with Crippen molar-refractivity contribution in [3.05, 3.63) is 63.4 Å². The Balaban J connectivity index is 1.75. The molecule has 192 valence electrons. The smallest absolute Gasteiger partial charge is 0.459 e. The summed E-state index contributed by atoms with van der Waals surface area (Å²) in [5.41, 5.74) is -1.26. The van der Waals surface area contributed by atoms with Crippen molar-refractivity contribution in [2.75, 3.05) is 6.61 Å². The van der Waals surface area contributed by atoms with E-state index in [1.165, 1.54) is 13.1 Å². The first-order valence-corrected chi connectivity index (χ1v) is 12.7. The van der Waals surface area contributed by atoms with Gasteiger partial charge in [-0.25, -0.2) is 9.36 Å². The molecule has 12 nitrogen and oxygen atoms in total. The molecule has 1 aromatic carbocycles. The summed E-state index contributed by atoms with van der Waals surface area (Å²) < 4.78 is 36.8. The van der Waals surface area contributed by atoms with Gasteiger partial charge in [-0.3, -0.25) is 23.7 Å². The Bertz CT molecular complexity index is 1170. The van der Waals surface area contributed by atoms with Crippen LogP contribution < -0.4 is 20.9 Å². The standard InChI is InChI=1S/C22H30N3O9P/c1-13(2)32-21(28)15(4)24-35(30,34-16-8-6-5-7-9-16)31-12-17-19(27)14(3)20(33-17)25-11-10-18(26)23-22(25)29/h5-11,13-15,17,19-20,27H,12H2,1-4H3,(H,24,30)(H,23,26,29)/t14-,15?,17+,19-,20+,35?/m0/s1. The number of ether oxygens (including phenoxy) is 2. The first kappa shape index (κ1) is 26.8. The normalized spacial score (nSPS) is 24.6. The molecular weight excluding hydrogens is 481 g/mol. The van der Waals surface area contributed by atoms with E-state index >= 15 is 0 Å². The van der Waals surface area contributed by atoms with Crippen LogP contribution in [0.4, 0.5) is 0 Å². The van der Waals surface area contributed by atoms with Crippen LogP contribution in [-0.4, -0.2) is 51.6 Å². The van der Waals surface area contributed by atoms with Crippen molar-refractivity contribution in [2.24, 2.45) is 5.92 Å². The summed E-state index contributed by atoms with van der Waals surface area (Å²) in [6.07, 6.45) is -2.08. The zero-order chi connectivity index (χ0) is 25.8. The highest BCUT2D eigenvalue weighted by molar-refractivity contribution is 7.52. The number of aromatic nitrogens is 2. The molecule has 0 amide bonds. The Labute approximate surface area is 201 Å². The predicted octanol–water partition coefficient (Wildman–Crippen LogP) is 1.56. The molecule has 35 heavy (non-hydrogen) atoms. The number of aliphatic hydroxyl groups is 1. The highest BCUT2D eigenvalue weighted by atomic mass is 31.2. The third kappa shape index (κ3) is 6.89. The van der Waals surface area contributed by atoms with Crippen LogP contribution in [0.2, 0.25) is 0 Å². The van der Waals surface area contributed by atoms with E-state index in [0.717, 1.165) is 10.6 Å². The number of H-pyrrole nitrogens is 1. The van der Waals surface area contributed by atoms with Crippen molar-refractivity contribution >= 4 is 13.7 Å². The van der Waals surface area contributed by atoms with Gasteiger partial charge in [0.1, 0.15) is 24.1 Å². The van der Waals surface area contributed by atoms with Crippen LogP contribution in [0.1, 0.15) is 33.9 Å². The highest BCUT2D eigenvalue weighted by Crippen LogP contribution is 2.46. The number of nitrogens with one attached hydrogen (secondary N) is 2. The van der Waals surface area contributed by atoms with Crippen LogP contribution in [0.15, 0.2) is 52.2 Å². The lowest BCUT2D eigenvalue weighted by Crippen LogP contribution is -2.37. The molecule has 0 bridgehead atoms. The van der Waals surface area contributed by atoms with E-state index in [1.807, 2.05) is 0 Å². The third-order valence-corrected chi connectivity index (χ3v) is 6.89. The fourth-order valence-corrected chi connectivity index (χ4v) is 4.98. The van der Waals surface area contributed by atoms with Crippen LogP contribution in [0, 0.1) is 5.92 Å². The average molecular weight is 511 g/mol. The number of rotatable bonds is 10. The van der Waals surface area contributed by atoms with Crippen LogP contribution in [0.25, 0.3) is 0 Å². The number of aromatic amines is 1. The summed E-state index contributed by atoms with van der Waals surface area (Å²) in [5, 5.41) is 13.2. The monoisotopic (exact) mass is 511 g/mol. The lowest BCUT2D eigenvalue weighted by atomic mass is 10.0. The number of carbonyl (C=O) groups excluding carboxylic acids is 1. The van der Waals surface area contributed by atoms with E-state index in [4.69, 9.17) is 18.5 Å². The first-order valence-electron chi connectivity index (χ1n) is 11.1. The number of hydrogen-bond acceptors (Lipinski definition) is 9. The van der Waals surface area contributed by atoms with Crippen LogP contribution in [-0.2, 0) is 23.4 Å². The Morgan fingerprint density at radius 3 is 2.54 bits per heavy atom. The van der Waals surface area contributed by atoms with Gasteiger partial charge in [0, 0.05) is 18.2 Å². The minimum absolute atomic E-state index is 0.228. The molecule has 2 unspecified atom stereocenters. The number of para-hydroxylation sites is 1. The molecule has 1 fully saturated rings. The number of nitrogens with zero attached hydrogens (tertiary/aromatic N) is 1. The number of carbonyl (C=O) groups is 1. The Morgan fingerprint density at radius 1 is 1.23 bits per heavy atom. The maximum atomic E-state index is 13.6. The quantitative estimate of drug-likeness (QED) is 0.316. The van der Waals surface area contributed by atoms with Crippen molar-refractivity contribution < 1.29 is 33.0 Å². The zero-order valence-electron chi connectivity index (χ0n) is 19.8. The van der Waals surface area contributed by atoms with Gasteiger partial charge in [-0.1, -0.05) is 25.1 Å². The predicted molar refractivity (Wildman–Crippen MR) is 125 cm³/mol. The van der Waals surface area contributed by atoms with Gasteiger partial charge in [-0.2, -0.15) is 5.09 Å². The maximum Gasteiger partial charge on any atom is 0.459 e. The van der Waals surface area contributed by atoms with E-state index < -0.39 is 55.4 Å². The molecule has 3 rings (SSSR count). The van der Waals surface area contributed by atoms with Crippen LogP contribution in [0.3, 0.4) is 0 Å². The van der Waals surface area contributed by atoms with Crippen LogP contribution in [0.5, 0.6) is 5.75 Å². The molecule has 13 heteroatoms. The maximum absolute atomic E-state index is 13.6. The summed E-state index contributed by atoms with van der Waals surface area (Å²) in [4.78, 5) is 37.9. The van der Waals surface area contributed by atoms with E-state index in [-0.39, 0.29) is 18.5 Å². The molecule has 6 atom stereocenters. The molecule has 2 heterocycles. The summed E-state index contributed by atoms with van der Waals surface area (Å²) in [7, 11) is -4.16. The molecular formula is C22H30N3O9P. The number of hydrogen-bond donors (Lipinski definition) is 3. The minimum atomic E-state index is -4.16. The lowest BCUT2D eigenvalue weighted by molar-refractivity contribution is -0.149. The SMILES string of the molecule is CC(C)OC(=O)C(C)NP(=O)(OC[C@H]1O[C@@H](n2ccc(=O)[nH]c2=O)[C@@H](C)[C@@H]1O)Oc1ccccc1. The van der Waals surface area contributed by atoms with E-state index in [1.54, 1.807) is 51.1 Å². The lowest BCUT2D eigenvalue weighted by Gasteiger charge is -2.25. The van der Waals surface area contributed by atoms with Crippen molar-refractivity contribution in [1.82, 2.24) is 14.6 Å². The van der Waals surface area contributed by atoms with Gasteiger partial charge in [0.15, 0.2) is 0 Å². The molecule has 1 aliphatic heterocycles. The molecule has 2 aromatic rings.